The number of benzene rings is 1. The Balaban J connectivity index is 1.87. The molecule has 1 aromatic carbocycles. The summed E-state index contributed by atoms with van der Waals surface area (Å²) in [6, 6.07) is 5.93. The molecular weight excluding hydrogens is 267 g/mol. The number of nitrogens with one attached hydrogen (secondary N) is 1. The van der Waals surface area contributed by atoms with Crippen molar-refractivity contribution in [3.63, 3.8) is 0 Å². The van der Waals surface area contributed by atoms with Crippen molar-refractivity contribution in [3.8, 4) is 0 Å². The van der Waals surface area contributed by atoms with E-state index in [-0.39, 0.29) is 11.7 Å². The molecule has 0 aliphatic carbocycles. The number of aromatic nitrogens is 3. The Morgan fingerprint density at radius 3 is 3.00 bits per heavy atom. The van der Waals surface area contributed by atoms with Gasteiger partial charge in [-0.1, -0.05) is 11.3 Å². The molecule has 7 heteroatoms. The van der Waals surface area contributed by atoms with Gasteiger partial charge >= 0.3 is 0 Å². The van der Waals surface area contributed by atoms with E-state index >= 15 is 0 Å². The number of rotatable bonds is 2. The highest BCUT2D eigenvalue weighted by atomic mass is 32.1. The first-order valence-electron chi connectivity index (χ1n) is 5.49. The summed E-state index contributed by atoms with van der Waals surface area (Å²) in [5.74, 6) is -0.654. The number of hydrogen-bond donors (Lipinski definition) is 1. The van der Waals surface area contributed by atoms with Gasteiger partial charge in [-0.2, -0.15) is 5.10 Å². The fraction of sp³-hybridized carbons (Fsp3) is 0.0833. The molecular formula is C12H9FN4OS. The van der Waals surface area contributed by atoms with Crippen LogP contribution in [0.4, 0.5) is 9.52 Å². The number of carbonyl (C=O) groups excluding carboxylic acids is 1. The van der Waals surface area contributed by atoms with Gasteiger partial charge in [-0.05, 0) is 24.3 Å². The Morgan fingerprint density at radius 2 is 2.26 bits per heavy atom. The van der Waals surface area contributed by atoms with E-state index in [1.807, 2.05) is 0 Å². The minimum atomic E-state index is -0.333. The normalized spacial score (nSPS) is 10.8. The summed E-state index contributed by atoms with van der Waals surface area (Å²) in [5, 5.41) is 7.07. The second-order valence-electron chi connectivity index (χ2n) is 3.96. The van der Waals surface area contributed by atoms with Crippen LogP contribution in [0.5, 0.6) is 0 Å². The molecule has 19 heavy (non-hydrogen) atoms. The van der Waals surface area contributed by atoms with E-state index in [0.717, 1.165) is 0 Å². The standard InChI is InChI=1S/C12H9FN4OS/c1-17-5-4-9(16-17)11(18)15-12-14-8-3-2-7(13)6-10(8)19-12/h2-6H,1H3,(H,14,15,18). The summed E-state index contributed by atoms with van der Waals surface area (Å²) in [6.07, 6.45) is 1.68. The molecule has 3 rings (SSSR count). The largest absolute Gasteiger partial charge is 0.296 e. The van der Waals surface area contributed by atoms with Crippen molar-refractivity contribution >= 4 is 32.6 Å². The highest BCUT2D eigenvalue weighted by Gasteiger charge is 2.12. The van der Waals surface area contributed by atoms with Crippen LogP contribution in [-0.4, -0.2) is 20.7 Å². The van der Waals surface area contributed by atoms with E-state index in [4.69, 9.17) is 0 Å². The van der Waals surface area contributed by atoms with Crippen LogP contribution in [0.1, 0.15) is 10.5 Å². The van der Waals surface area contributed by atoms with Gasteiger partial charge in [0, 0.05) is 13.2 Å². The second-order valence-corrected chi connectivity index (χ2v) is 4.99. The number of anilines is 1. The van der Waals surface area contributed by atoms with Crippen LogP contribution in [0.2, 0.25) is 0 Å². The molecule has 0 atom stereocenters. The fourth-order valence-corrected chi connectivity index (χ4v) is 2.54. The van der Waals surface area contributed by atoms with E-state index in [1.54, 1.807) is 30.1 Å². The molecule has 0 aliphatic heterocycles. The maximum absolute atomic E-state index is 13.1. The van der Waals surface area contributed by atoms with Gasteiger partial charge in [-0.25, -0.2) is 9.37 Å². The Bertz CT molecular complexity index is 764. The predicted octanol–water partition coefficient (Wildman–Crippen LogP) is 2.42. The SMILES string of the molecule is Cn1ccc(C(=O)Nc2nc3ccc(F)cc3s2)n1. The summed E-state index contributed by atoms with van der Waals surface area (Å²) < 4.78 is 15.3. The molecule has 1 N–H and O–H groups in total. The Kier molecular flexibility index (Phi) is 2.75. The zero-order valence-electron chi connectivity index (χ0n) is 9.92. The monoisotopic (exact) mass is 276 g/mol. The summed E-state index contributed by atoms with van der Waals surface area (Å²) in [5.41, 5.74) is 0.968. The van der Waals surface area contributed by atoms with Gasteiger partial charge in [-0.3, -0.25) is 14.8 Å². The molecule has 0 saturated carbocycles. The number of thiazole rings is 1. The molecule has 0 fully saturated rings. The van der Waals surface area contributed by atoms with E-state index in [1.165, 1.54) is 23.5 Å². The third-order valence-corrected chi connectivity index (χ3v) is 3.45. The zero-order valence-corrected chi connectivity index (χ0v) is 10.7. The van der Waals surface area contributed by atoms with Crippen molar-refractivity contribution in [3.05, 3.63) is 42.0 Å². The number of halogens is 1. The van der Waals surface area contributed by atoms with Crippen LogP contribution >= 0.6 is 11.3 Å². The summed E-state index contributed by atoms with van der Waals surface area (Å²) in [7, 11) is 1.73. The molecule has 3 aromatic rings. The lowest BCUT2D eigenvalue weighted by atomic mass is 10.3. The molecule has 0 aliphatic rings. The van der Waals surface area contributed by atoms with Gasteiger partial charge in [0.15, 0.2) is 10.8 Å². The third kappa shape index (κ3) is 2.32. The molecule has 0 radical (unpaired) electrons. The smallest absolute Gasteiger partial charge is 0.277 e. The maximum Gasteiger partial charge on any atom is 0.277 e. The van der Waals surface area contributed by atoms with Gasteiger partial charge in [-0.15, -0.1) is 0 Å². The topological polar surface area (TPSA) is 59.8 Å². The van der Waals surface area contributed by atoms with Crippen LogP contribution in [0.3, 0.4) is 0 Å². The highest BCUT2D eigenvalue weighted by Crippen LogP contribution is 2.26. The van der Waals surface area contributed by atoms with Gasteiger partial charge in [0.25, 0.3) is 5.91 Å². The Hall–Kier alpha value is -2.28. The molecule has 5 nitrogen and oxygen atoms in total. The highest BCUT2D eigenvalue weighted by molar-refractivity contribution is 7.22. The maximum atomic E-state index is 13.1. The van der Waals surface area contributed by atoms with Crippen LogP contribution < -0.4 is 5.32 Å². The van der Waals surface area contributed by atoms with E-state index in [9.17, 15) is 9.18 Å². The van der Waals surface area contributed by atoms with E-state index in [2.05, 4.69) is 15.4 Å². The van der Waals surface area contributed by atoms with Crippen molar-refractivity contribution in [2.45, 2.75) is 0 Å². The van der Waals surface area contributed by atoms with Crippen molar-refractivity contribution in [1.82, 2.24) is 14.8 Å². The van der Waals surface area contributed by atoms with Crippen molar-refractivity contribution in [1.29, 1.82) is 0 Å². The van der Waals surface area contributed by atoms with Crippen LogP contribution in [0.25, 0.3) is 10.2 Å². The molecule has 96 valence electrons. The molecule has 0 saturated heterocycles. The number of amides is 1. The van der Waals surface area contributed by atoms with Gasteiger partial charge < -0.3 is 0 Å². The summed E-state index contributed by atoms with van der Waals surface area (Å²) >= 11 is 1.22. The Labute approximate surface area is 111 Å². The zero-order chi connectivity index (χ0) is 13.4. The quantitative estimate of drug-likeness (QED) is 0.782. The molecule has 2 heterocycles. The first-order chi connectivity index (χ1) is 9.11. The average Bonchev–Trinajstić information content (AvgIpc) is 2.94. The Morgan fingerprint density at radius 1 is 1.42 bits per heavy atom. The van der Waals surface area contributed by atoms with Gasteiger partial charge in [0.1, 0.15) is 5.82 Å². The molecule has 0 spiro atoms. The second kappa shape index (κ2) is 4.43. The average molecular weight is 276 g/mol. The van der Waals surface area contributed by atoms with Crippen molar-refractivity contribution in [2.24, 2.45) is 7.05 Å². The summed E-state index contributed by atoms with van der Waals surface area (Å²) in [4.78, 5) is 16.1. The summed E-state index contributed by atoms with van der Waals surface area (Å²) in [6.45, 7) is 0. The predicted molar refractivity (Wildman–Crippen MR) is 70.7 cm³/mol. The minimum Gasteiger partial charge on any atom is -0.296 e. The van der Waals surface area contributed by atoms with Crippen LogP contribution in [-0.2, 0) is 7.05 Å². The minimum absolute atomic E-state index is 0.313. The molecule has 2 aromatic heterocycles. The number of fused-ring (bicyclic) bond motifs is 1. The van der Waals surface area contributed by atoms with Gasteiger partial charge in [0.05, 0.1) is 10.2 Å². The van der Waals surface area contributed by atoms with Crippen LogP contribution in [0, 0.1) is 5.82 Å². The first kappa shape index (κ1) is 11.8. The van der Waals surface area contributed by atoms with Gasteiger partial charge in [0.2, 0.25) is 0 Å². The van der Waals surface area contributed by atoms with Crippen molar-refractivity contribution in [2.75, 3.05) is 5.32 Å². The lowest BCUT2D eigenvalue weighted by Crippen LogP contribution is -2.12. The number of nitrogens with zero attached hydrogens (tertiary/aromatic N) is 3. The number of hydrogen-bond acceptors (Lipinski definition) is 4. The van der Waals surface area contributed by atoms with Crippen LogP contribution in [0.15, 0.2) is 30.5 Å². The fourth-order valence-electron chi connectivity index (χ4n) is 1.65. The van der Waals surface area contributed by atoms with E-state index in [0.29, 0.717) is 21.0 Å². The third-order valence-electron chi connectivity index (χ3n) is 2.52. The number of aryl methyl sites for hydroxylation is 1. The molecule has 0 bridgehead atoms. The number of carbonyl (C=O) groups is 1. The molecule has 0 unspecified atom stereocenters. The lowest BCUT2D eigenvalue weighted by Gasteiger charge is -1.96. The first-order valence-corrected chi connectivity index (χ1v) is 6.30. The molecule has 1 amide bonds. The van der Waals surface area contributed by atoms with E-state index < -0.39 is 0 Å². The van der Waals surface area contributed by atoms with Crippen molar-refractivity contribution < 1.29 is 9.18 Å². The lowest BCUT2D eigenvalue weighted by molar-refractivity contribution is 0.102.